The highest BCUT2D eigenvalue weighted by Crippen LogP contribution is 2.22. The molecule has 2 rings (SSSR count). The highest BCUT2D eigenvalue weighted by atomic mass is 35.5. The van der Waals surface area contributed by atoms with Gasteiger partial charge in [-0.15, -0.1) is 10.2 Å². The molecule has 0 fully saturated rings. The zero-order chi connectivity index (χ0) is 11.4. The Bertz CT molecular complexity index is 492. The zero-order valence-electron chi connectivity index (χ0n) is 8.68. The van der Waals surface area contributed by atoms with E-state index in [4.69, 9.17) is 21.1 Å². The van der Waals surface area contributed by atoms with Gasteiger partial charge in [-0.05, 0) is 23.7 Å². The number of halogens is 1. The molecule has 1 aromatic carbocycles. The van der Waals surface area contributed by atoms with Crippen LogP contribution in [-0.2, 0) is 4.74 Å². The van der Waals surface area contributed by atoms with E-state index in [1.807, 2.05) is 12.1 Å². The number of fused-ring (bicyclic) bond motifs is 1. The summed E-state index contributed by atoms with van der Waals surface area (Å²) < 4.78 is 10.4. The van der Waals surface area contributed by atoms with Crippen molar-refractivity contribution in [1.82, 2.24) is 15.2 Å². The van der Waals surface area contributed by atoms with Gasteiger partial charge in [0.2, 0.25) is 5.28 Å². The quantitative estimate of drug-likeness (QED) is 0.760. The molecular weight excluding hydrogens is 230 g/mol. The molecule has 6 heteroatoms. The second-order valence-electron chi connectivity index (χ2n) is 3.05. The van der Waals surface area contributed by atoms with E-state index in [1.54, 1.807) is 13.2 Å². The van der Waals surface area contributed by atoms with Crippen LogP contribution < -0.4 is 4.74 Å². The van der Waals surface area contributed by atoms with Crippen molar-refractivity contribution >= 4 is 22.6 Å². The number of nitrogens with zero attached hydrogens (tertiary/aromatic N) is 3. The number of hydrogen-bond acceptors (Lipinski definition) is 5. The summed E-state index contributed by atoms with van der Waals surface area (Å²) in [5, 5.41) is 7.69. The van der Waals surface area contributed by atoms with Crippen LogP contribution in [0.25, 0.3) is 11.0 Å². The summed E-state index contributed by atoms with van der Waals surface area (Å²) in [5.41, 5.74) is 1.26. The first-order valence-corrected chi connectivity index (χ1v) is 5.10. The Balaban J connectivity index is 2.32. The lowest BCUT2D eigenvalue weighted by molar-refractivity contribution is 0.147. The van der Waals surface area contributed by atoms with Crippen LogP contribution in [0.4, 0.5) is 0 Å². The monoisotopic (exact) mass is 239 g/mol. The van der Waals surface area contributed by atoms with Gasteiger partial charge in [0, 0.05) is 7.11 Å². The number of benzene rings is 1. The van der Waals surface area contributed by atoms with Crippen LogP contribution in [0.15, 0.2) is 18.2 Å². The van der Waals surface area contributed by atoms with E-state index in [0.717, 1.165) is 0 Å². The summed E-state index contributed by atoms with van der Waals surface area (Å²) in [4.78, 5) is 4.08. The Kier molecular flexibility index (Phi) is 3.48. The first-order valence-electron chi connectivity index (χ1n) is 4.72. The fourth-order valence-corrected chi connectivity index (χ4v) is 1.39. The number of methoxy groups -OCH3 is 1. The largest absolute Gasteiger partial charge is 0.489 e. The first kappa shape index (κ1) is 11.0. The van der Waals surface area contributed by atoms with Crippen LogP contribution in [0.1, 0.15) is 0 Å². The van der Waals surface area contributed by atoms with E-state index < -0.39 is 0 Å². The smallest absolute Gasteiger partial charge is 0.243 e. The fraction of sp³-hybridized carbons (Fsp3) is 0.300. The molecule has 84 valence electrons. The van der Waals surface area contributed by atoms with Crippen molar-refractivity contribution in [1.29, 1.82) is 0 Å². The Morgan fingerprint density at radius 1 is 1.25 bits per heavy atom. The highest BCUT2D eigenvalue weighted by Gasteiger charge is 2.06. The van der Waals surface area contributed by atoms with E-state index >= 15 is 0 Å². The molecule has 0 N–H and O–H groups in total. The lowest BCUT2D eigenvalue weighted by Gasteiger charge is -2.07. The van der Waals surface area contributed by atoms with Gasteiger partial charge in [-0.2, -0.15) is 0 Å². The van der Waals surface area contributed by atoms with Gasteiger partial charge in [0.15, 0.2) is 0 Å². The maximum absolute atomic E-state index is 5.69. The number of hydrogen-bond donors (Lipinski definition) is 0. The number of rotatable bonds is 4. The molecule has 0 spiro atoms. The number of aromatic nitrogens is 3. The SMILES string of the molecule is COCCOc1cccc2nnc(Cl)nc12. The second-order valence-corrected chi connectivity index (χ2v) is 3.38. The molecule has 0 radical (unpaired) electrons. The van der Waals surface area contributed by atoms with Crippen LogP contribution in [0.5, 0.6) is 5.75 Å². The lowest BCUT2D eigenvalue weighted by Crippen LogP contribution is -2.05. The Morgan fingerprint density at radius 2 is 2.12 bits per heavy atom. The Hall–Kier alpha value is -1.46. The van der Waals surface area contributed by atoms with E-state index in [1.165, 1.54) is 0 Å². The van der Waals surface area contributed by atoms with Crippen LogP contribution in [0.3, 0.4) is 0 Å². The number of ether oxygens (including phenoxy) is 2. The lowest BCUT2D eigenvalue weighted by atomic mass is 10.3. The minimum absolute atomic E-state index is 0.107. The van der Waals surface area contributed by atoms with Crippen LogP contribution in [-0.4, -0.2) is 35.5 Å². The molecule has 5 nitrogen and oxygen atoms in total. The topological polar surface area (TPSA) is 57.1 Å². The van der Waals surface area contributed by atoms with Gasteiger partial charge in [-0.3, -0.25) is 0 Å². The molecule has 0 aliphatic carbocycles. The molecule has 1 heterocycles. The molecule has 0 saturated carbocycles. The molecule has 0 atom stereocenters. The molecule has 1 aromatic heterocycles. The Labute approximate surface area is 97.4 Å². The second kappa shape index (κ2) is 5.05. The molecule has 0 aliphatic rings. The first-order chi connectivity index (χ1) is 7.81. The average molecular weight is 240 g/mol. The molecule has 0 amide bonds. The van der Waals surface area contributed by atoms with Gasteiger partial charge in [0.25, 0.3) is 0 Å². The average Bonchev–Trinajstić information content (AvgIpc) is 2.30. The summed E-state index contributed by atoms with van der Waals surface area (Å²) >= 11 is 5.69. The van der Waals surface area contributed by atoms with Gasteiger partial charge < -0.3 is 9.47 Å². The van der Waals surface area contributed by atoms with E-state index in [2.05, 4.69) is 15.2 Å². The van der Waals surface area contributed by atoms with Gasteiger partial charge in [0.1, 0.15) is 23.4 Å². The van der Waals surface area contributed by atoms with Crippen molar-refractivity contribution in [2.24, 2.45) is 0 Å². The summed E-state index contributed by atoms with van der Waals surface area (Å²) in [6, 6.07) is 5.44. The zero-order valence-corrected chi connectivity index (χ0v) is 9.44. The summed E-state index contributed by atoms with van der Waals surface area (Å²) in [7, 11) is 1.62. The van der Waals surface area contributed by atoms with E-state index in [-0.39, 0.29) is 5.28 Å². The van der Waals surface area contributed by atoms with Gasteiger partial charge >= 0.3 is 0 Å². The van der Waals surface area contributed by atoms with Crippen molar-refractivity contribution in [3.8, 4) is 5.75 Å². The molecular formula is C10H10ClN3O2. The molecule has 0 bridgehead atoms. The minimum atomic E-state index is 0.107. The van der Waals surface area contributed by atoms with Gasteiger partial charge in [-0.25, -0.2) is 4.98 Å². The summed E-state index contributed by atoms with van der Waals surface area (Å²) in [6.07, 6.45) is 0. The summed E-state index contributed by atoms with van der Waals surface area (Å²) in [6.45, 7) is 0.972. The maximum atomic E-state index is 5.69. The Morgan fingerprint density at radius 3 is 2.94 bits per heavy atom. The number of para-hydroxylation sites is 1. The van der Waals surface area contributed by atoms with Crippen LogP contribution >= 0.6 is 11.6 Å². The van der Waals surface area contributed by atoms with Crippen molar-refractivity contribution in [2.75, 3.05) is 20.3 Å². The van der Waals surface area contributed by atoms with Crippen molar-refractivity contribution in [3.05, 3.63) is 23.5 Å². The van der Waals surface area contributed by atoms with E-state index in [9.17, 15) is 0 Å². The third-order valence-corrected chi connectivity index (χ3v) is 2.13. The molecule has 0 saturated heterocycles. The third kappa shape index (κ3) is 2.37. The van der Waals surface area contributed by atoms with Crippen molar-refractivity contribution in [2.45, 2.75) is 0 Å². The van der Waals surface area contributed by atoms with Crippen LogP contribution in [0, 0.1) is 0 Å². The predicted molar refractivity (Wildman–Crippen MR) is 59.7 cm³/mol. The molecule has 2 aromatic rings. The fourth-order valence-electron chi connectivity index (χ4n) is 1.26. The molecule has 16 heavy (non-hydrogen) atoms. The van der Waals surface area contributed by atoms with E-state index in [0.29, 0.717) is 30.0 Å². The molecule has 0 aliphatic heterocycles. The van der Waals surface area contributed by atoms with Crippen molar-refractivity contribution in [3.63, 3.8) is 0 Å². The predicted octanol–water partition coefficient (Wildman–Crippen LogP) is 1.70. The molecule has 0 unspecified atom stereocenters. The minimum Gasteiger partial charge on any atom is -0.489 e. The van der Waals surface area contributed by atoms with Gasteiger partial charge in [0.05, 0.1) is 6.61 Å². The standard InChI is InChI=1S/C10H10ClN3O2/c1-15-5-6-16-8-4-2-3-7-9(8)12-10(11)14-13-7/h2-4H,5-6H2,1H3. The highest BCUT2D eigenvalue weighted by molar-refractivity contribution is 6.28. The van der Waals surface area contributed by atoms with Gasteiger partial charge in [-0.1, -0.05) is 6.07 Å². The third-order valence-electron chi connectivity index (χ3n) is 1.97. The van der Waals surface area contributed by atoms with Crippen LogP contribution in [0.2, 0.25) is 5.28 Å². The normalized spacial score (nSPS) is 10.6. The van der Waals surface area contributed by atoms with Crippen molar-refractivity contribution < 1.29 is 9.47 Å². The summed E-state index contributed by atoms with van der Waals surface area (Å²) in [5.74, 6) is 0.631. The maximum Gasteiger partial charge on any atom is 0.243 e.